The maximum atomic E-state index is 13.1. The number of nitrogens with one attached hydrogen (secondary N) is 1. The molecule has 2 amide bonds. The molecular formula is C24H32N4O4S2. The molecule has 2 aliphatic heterocycles. The lowest BCUT2D eigenvalue weighted by Gasteiger charge is -2.32. The summed E-state index contributed by atoms with van der Waals surface area (Å²) < 4.78 is 27.7. The van der Waals surface area contributed by atoms with Crippen molar-refractivity contribution in [3.05, 3.63) is 45.8 Å². The van der Waals surface area contributed by atoms with Crippen molar-refractivity contribution in [2.75, 3.05) is 39.5 Å². The summed E-state index contributed by atoms with van der Waals surface area (Å²) in [7, 11) is 1.85. The fourth-order valence-electron chi connectivity index (χ4n) is 4.59. The summed E-state index contributed by atoms with van der Waals surface area (Å²) >= 11 is 1.44. The van der Waals surface area contributed by atoms with Gasteiger partial charge in [0.25, 0.3) is 11.8 Å². The number of amides is 2. The Hall–Kier alpha value is -2.27. The molecule has 8 nitrogen and oxygen atoms in total. The zero-order valence-electron chi connectivity index (χ0n) is 20.1. The Kier molecular flexibility index (Phi) is 7.14. The van der Waals surface area contributed by atoms with E-state index in [4.69, 9.17) is 0 Å². The average molecular weight is 505 g/mol. The second-order valence-electron chi connectivity index (χ2n) is 9.33. The molecule has 1 fully saturated rings. The second kappa shape index (κ2) is 9.77. The molecule has 1 saturated heterocycles. The van der Waals surface area contributed by atoms with Crippen LogP contribution in [0.1, 0.15) is 57.3 Å². The quantitative estimate of drug-likeness (QED) is 0.675. The van der Waals surface area contributed by atoms with Crippen molar-refractivity contribution < 1.29 is 18.0 Å². The van der Waals surface area contributed by atoms with Crippen molar-refractivity contribution in [3.63, 3.8) is 0 Å². The molecule has 2 aromatic rings. The molecule has 34 heavy (non-hydrogen) atoms. The maximum Gasteiger partial charge on any atom is 0.256 e. The number of fused-ring (bicyclic) bond motifs is 1. The summed E-state index contributed by atoms with van der Waals surface area (Å²) in [5.41, 5.74) is 1.91. The van der Waals surface area contributed by atoms with Crippen molar-refractivity contribution in [2.45, 2.75) is 50.1 Å². The van der Waals surface area contributed by atoms with E-state index in [0.717, 1.165) is 49.2 Å². The van der Waals surface area contributed by atoms with Crippen LogP contribution in [0.4, 0.5) is 5.00 Å². The van der Waals surface area contributed by atoms with Gasteiger partial charge < -0.3 is 15.1 Å². The van der Waals surface area contributed by atoms with Gasteiger partial charge in [-0.05, 0) is 63.1 Å². The van der Waals surface area contributed by atoms with E-state index in [-0.39, 0.29) is 22.8 Å². The van der Waals surface area contributed by atoms with E-state index in [0.29, 0.717) is 22.7 Å². The molecule has 1 aromatic heterocycles. The Labute approximate surface area is 205 Å². The van der Waals surface area contributed by atoms with E-state index < -0.39 is 10.0 Å². The maximum absolute atomic E-state index is 13.1. The van der Waals surface area contributed by atoms with Crippen LogP contribution in [0.25, 0.3) is 0 Å². The average Bonchev–Trinajstić information content (AvgIpc) is 3.15. The van der Waals surface area contributed by atoms with Crippen LogP contribution in [0, 0.1) is 0 Å². The highest BCUT2D eigenvalue weighted by molar-refractivity contribution is 7.89. The third kappa shape index (κ3) is 4.77. The number of hydrogen-bond acceptors (Lipinski definition) is 6. The summed E-state index contributed by atoms with van der Waals surface area (Å²) in [4.78, 5) is 31.0. The SMILES string of the molecule is CC1CCCCN1S(=O)(=O)c1ccc(C(=O)Nc2sc3c(c2C(=O)N(C)C)CCN(C)C3)cc1. The van der Waals surface area contributed by atoms with E-state index >= 15 is 0 Å². The van der Waals surface area contributed by atoms with Gasteiger partial charge >= 0.3 is 0 Å². The lowest BCUT2D eigenvalue weighted by Crippen LogP contribution is -2.41. The van der Waals surface area contributed by atoms with Gasteiger partial charge in [-0.1, -0.05) is 6.42 Å². The molecule has 0 saturated carbocycles. The van der Waals surface area contributed by atoms with Crippen molar-refractivity contribution in [1.82, 2.24) is 14.1 Å². The largest absolute Gasteiger partial charge is 0.345 e. The zero-order valence-corrected chi connectivity index (χ0v) is 21.8. The molecule has 4 rings (SSSR count). The number of rotatable bonds is 5. The third-order valence-electron chi connectivity index (χ3n) is 6.56. The van der Waals surface area contributed by atoms with Gasteiger partial charge in [0.2, 0.25) is 10.0 Å². The number of thiophene rings is 1. The van der Waals surface area contributed by atoms with Gasteiger partial charge in [0.1, 0.15) is 5.00 Å². The fourth-order valence-corrected chi connectivity index (χ4v) is 7.60. The van der Waals surface area contributed by atoms with Gasteiger partial charge in [0.15, 0.2) is 0 Å². The minimum absolute atomic E-state index is 0.0294. The molecule has 1 aromatic carbocycles. The van der Waals surface area contributed by atoms with Gasteiger partial charge in [0, 0.05) is 50.2 Å². The predicted molar refractivity (Wildman–Crippen MR) is 134 cm³/mol. The Morgan fingerprint density at radius 1 is 1.12 bits per heavy atom. The Morgan fingerprint density at radius 3 is 2.47 bits per heavy atom. The van der Waals surface area contributed by atoms with Crippen LogP contribution in [-0.4, -0.2) is 74.6 Å². The van der Waals surface area contributed by atoms with Gasteiger partial charge in [0.05, 0.1) is 10.5 Å². The summed E-state index contributed by atoms with van der Waals surface area (Å²) in [6.07, 6.45) is 3.51. The minimum Gasteiger partial charge on any atom is -0.345 e. The first-order chi connectivity index (χ1) is 16.1. The summed E-state index contributed by atoms with van der Waals surface area (Å²) in [5.74, 6) is -0.496. The van der Waals surface area contributed by atoms with E-state index in [1.165, 1.54) is 40.5 Å². The molecule has 1 atom stereocenters. The van der Waals surface area contributed by atoms with Crippen LogP contribution in [-0.2, 0) is 23.0 Å². The van der Waals surface area contributed by atoms with Gasteiger partial charge in [-0.2, -0.15) is 4.31 Å². The van der Waals surface area contributed by atoms with Crippen LogP contribution < -0.4 is 5.32 Å². The number of likely N-dealkylation sites (N-methyl/N-ethyl adjacent to an activating group) is 1. The molecule has 0 spiro atoms. The molecule has 3 heterocycles. The smallest absolute Gasteiger partial charge is 0.256 e. The van der Waals surface area contributed by atoms with Crippen molar-refractivity contribution in [2.24, 2.45) is 0 Å². The Bertz CT molecular complexity index is 1190. The first-order valence-corrected chi connectivity index (χ1v) is 13.8. The number of anilines is 1. The topological polar surface area (TPSA) is 90.0 Å². The van der Waals surface area contributed by atoms with Crippen LogP contribution in [0.2, 0.25) is 0 Å². The highest BCUT2D eigenvalue weighted by atomic mass is 32.2. The number of piperidine rings is 1. The third-order valence-corrected chi connectivity index (χ3v) is 9.72. The highest BCUT2D eigenvalue weighted by Gasteiger charge is 2.31. The van der Waals surface area contributed by atoms with Crippen molar-refractivity contribution >= 4 is 38.2 Å². The number of nitrogens with zero attached hydrogens (tertiary/aromatic N) is 3. The van der Waals surface area contributed by atoms with Crippen molar-refractivity contribution in [3.8, 4) is 0 Å². The number of hydrogen-bond donors (Lipinski definition) is 1. The number of benzene rings is 1. The molecule has 2 aliphatic rings. The van der Waals surface area contributed by atoms with Crippen LogP contribution >= 0.6 is 11.3 Å². The predicted octanol–water partition coefficient (Wildman–Crippen LogP) is 3.25. The minimum atomic E-state index is -3.60. The van der Waals surface area contributed by atoms with Gasteiger partial charge in [-0.25, -0.2) is 8.42 Å². The van der Waals surface area contributed by atoms with Crippen LogP contribution in [0.5, 0.6) is 0 Å². The molecule has 0 radical (unpaired) electrons. The second-order valence-corrected chi connectivity index (χ2v) is 12.3. The Balaban J connectivity index is 1.57. The highest BCUT2D eigenvalue weighted by Crippen LogP contribution is 2.37. The molecule has 184 valence electrons. The van der Waals surface area contributed by atoms with Crippen molar-refractivity contribution in [1.29, 1.82) is 0 Å². The van der Waals surface area contributed by atoms with Gasteiger partial charge in [-0.3, -0.25) is 9.59 Å². The monoisotopic (exact) mass is 504 g/mol. The molecule has 1 unspecified atom stereocenters. The van der Waals surface area contributed by atoms with Crippen LogP contribution in [0.3, 0.4) is 0 Å². The zero-order chi connectivity index (χ0) is 24.6. The van der Waals surface area contributed by atoms with E-state index in [1.54, 1.807) is 18.4 Å². The molecule has 0 bridgehead atoms. The number of carbonyl (C=O) groups excluding carboxylic acids is 2. The number of carbonyl (C=O) groups is 2. The lowest BCUT2D eigenvalue weighted by molar-refractivity contribution is 0.0827. The van der Waals surface area contributed by atoms with E-state index in [9.17, 15) is 18.0 Å². The Morgan fingerprint density at radius 2 is 1.82 bits per heavy atom. The summed E-state index contributed by atoms with van der Waals surface area (Å²) in [5, 5.41) is 3.46. The van der Waals surface area contributed by atoms with Gasteiger partial charge in [-0.15, -0.1) is 11.3 Å². The summed E-state index contributed by atoms with van der Waals surface area (Å²) in [6, 6.07) is 6.02. The molecule has 10 heteroatoms. The first kappa shape index (κ1) is 24.8. The first-order valence-electron chi connectivity index (χ1n) is 11.6. The molecule has 1 N–H and O–H groups in total. The standard InChI is InChI=1S/C24H32N4O4S2/c1-16-7-5-6-13-28(16)34(31,32)18-10-8-17(9-11-18)22(29)25-23-21(24(30)26(2)3)19-12-14-27(4)15-20(19)33-23/h8-11,16H,5-7,12-15H2,1-4H3,(H,25,29). The summed E-state index contributed by atoms with van der Waals surface area (Å²) in [6.45, 7) is 4.05. The van der Waals surface area contributed by atoms with Crippen LogP contribution in [0.15, 0.2) is 29.2 Å². The van der Waals surface area contributed by atoms with E-state index in [2.05, 4.69) is 10.2 Å². The van der Waals surface area contributed by atoms with E-state index in [1.807, 2.05) is 14.0 Å². The molecule has 0 aliphatic carbocycles. The lowest BCUT2D eigenvalue weighted by atomic mass is 10.0. The number of sulfonamides is 1. The fraction of sp³-hybridized carbons (Fsp3) is 0.500. The normalized spacial score (nSPS) is 19.5. The molecular weight excluding hydrogens is 472 g/mol.